The van der Waals surface area contributed by atoms with E-state index in [0.717, 1.165) is 18.0 Å². The monoisotopic (exact) mass is 249 g/mol. The third-order valence-corrected chi connectivity index (χ3v) is 2.42. The van der Waals surface area contributed by atoms with Gasteiger partial charge in [0.25, 0.3) is 0 Å². The lowest BCUT2D eigenvalue weighted by Gasteiger charge is -2.18. The largest absolute Gasteiger partial charge is 0.389 e. The molecule has 0 saturated heterocycles. The highest BCUT2D eigenvalue weighted by molar-refractivity contribution is 5.65. The number of hydrogen-bond acceptors (Lipinski definition) is 5. The van der Waals surface area contributed by atoms with E-state index in [1.165, 1.54) is 0 Å². The van der Waals surface area contributed by atoms with Gasteiger partial charge in [-0.15, -0.1) is 0 Å². The van der Waals surface area contributed by atoms with E-state index in [1.807, 2.05) is 23.7 Å². The fourth-order valence-electron chi connectivity index (χ4n) is 1.62. The minimum Gasteiger partial charge on any atom is -0.389 e. The van der Waals surface area contributed by atoms with Crippen molar-refractivity contribution in [2.24, 2.45) is 0 Å². The smallest absolute Gasteiger partial charge is 0.180 e. The summed E-state index contributed by atoms with van der Waals surface area (Å²) in [5, 5.41) is 16.0. The van der Waals surface area contributed by atoms with Gasteiger partial charge in [0.1, 0.15) is 5.82 Å². The number of anilines is 2. The molecule has 0 bridgehead atoms. The first-order valence-corrected chi connectivity index (χ1v) is 6.03. The van der Waals surface area contributed by atoms with Gasteiger partial charge in [-0.1, -0.05) is 0 Å². The first-order valence-electron chi connectivity index (χ1n) is 6.03. The Bertz CT molecular complexity index is 529. The Hall–Kier alpha value is -1.82. The van der Waals surface area contributed by atoms with Crippen LogP contribution in [0.15, 0.2) is 18.6 Å². The summed E-state index contributed by atoms with van der Waals surface area (Å²) in [5.74, 6) is 1.45. The topological polar surface area (TPSA) is 74.5 Å². The lowest BCUT2D eigenvalue weighted by atomic mass is 10.1. The molecule has 98 valence electrons. The minimum atomic E-state index is -0.792. The van der Waals surface area contributed by atoms with E-state index < -0.39 is 5.60 Å². The fraction of sp³-hybridized carbons (Fsp3) is 0.500. The summed E-state index contributed by atoms with van der Waals surface area (Å²) in [6.07, 6.45) is 5.48. The summed E-state index contributed by atoms with van der Waals surface area (Å²) in [5.41, 5.74) is -0.0414. The van der Waals surface area contributed by atoms with Crippen LogP contribution in [0.2, 0.25) is 0 Å². The van der Waals surface area contributed by atoms with Crippen molar-refractivity contribution in [3.05, 3.63) is 18.6 Å². The average Bonchev–Trinajstić information content (AvgIpc) is 2.73. The Labute approximate surface area is 106 Å². The van der Waals surface area contributed by atoms with Crippen molar-refractivity contribution in [3.63, 3.8) is 0 Å². The van der Waals surface area contributed by atoms with Crippen molar-refractivity contribution in [3.8, 4) is 0 Å². The molecule has 0 amide bonds. The van der Waals surface area contributed by atoms with Gasteiger partial charge in [-0.2, -0.15) is 0 Å². The average molecular weight is 249 g/mol. The van der Waals surface area contributed by atoms with Gasteiger partial charge >= 0.3 is 0 Å². The maximum absolute atomic E-state index is 9.74. The Morgan fingerprint density at radius 1 is 1.39 bits per heavy atom. The third kappa shape index (κ3) is 2.89. The highest BCUT2D eigenvalue weighted by atomic mass is 16.3. The van der Waals surface area contributed by atoms with Crippen LogP contribution in [0, 0.1) is 0 Å². The van der Waals surface area contributed by atoms with Gasteiger partial charge < -0.3 is 20.1 Å². The third-order valence-electron chi connectivity index (χ3n) is 2.42. The second-order valence-electron chi connectivity index (χ2n) is 4.83. The zero-order chi connectivity index (χ0) is 13.2. The molecule has 18 heavy (non-hydrogen) atoms. The summed E-state index contributed by atoms with van der Waals surface area (Å²) in [6, 6.07) is 0. The van der Waals surface area contributed by atoms with E-state index in [0.29, 0.717) is 12.4 Å². The van der Waals surface area contributed by atoms with Gasteiger partial charge in [0, 0.05) is 25.5 Å². The van der Waals surface area contributed by atoms with Crippen molar-refractivity contribution < 1.29 is 5.11 Å². The molecular formula is C12H19N5O. The second-order valence-corrected chi connectivity index (χ2v) is 4.83. The Kier molecular flexibility index (Phi) is 3.38. The highest BCUT2D eigenvalue weighted by Gasteiger charge is 2.14. The molecule has 0 unspecified atom stereocenters. The minimum absolute atomic E-state index is 0.415. The quantitative estimate of drug-likeness (QED) is 0.745. The summed E-state index contributed by atoms with van der Waals surface area (Å²) in [7, 11) is 0. The van der Waals surface area contributed by atoms with Crippen molar-refractivity contribution in [1.29, 1.82) is 0 Å². The van der Waals surface area contributed by atoms with Crippen molar-refractivity contribution in [2.45, 2.75) is 26.4 Å². The molecule has 6 heteroatoms. The number of aliphatic hydroxyl groups is 1. The van der Waals surface area contributed by atoms with Crippen molar-refractivity contribution >= 4 is 17.3 Å². The van der Waals surface area contributed by atoms with Crippen LogP contribution in [0.4, 0.5) is 11.6 Å². The maximum Gasteiger partial charge on any atom is 0.180 e. The van der Waals surface area contributed by atoms with Crippen LogP contribution in [-0.4, -0.2) is 38.2 Å². The predicted molar refractivity (Wildman–Crippen MR) is 71.9 cm³/mol. The normalized spacial score (nSPS) is 11.8. The molecule has 0 saturated carbocycles. The zero-order valence-corrected chi connectivity index (χ0v) is 10.9. The Balaban J connectivity index is 2.31. The zero-order valence-electron chi connectivity index (χ0n) is 10.9. The number of aromatic nitrogens is 3. The lowest BCUT2D eigenvalue weighted by Crippen LogP contribution is -2.29. The summed E-state index contributed by atoms with van der Waals surface area (Å²) in [6.45, 7) is 6.73. The SMILES string of the molecule is CCNc1cn2ccnc2c(NCC(C)(C)O)n1. The first kappa shape index (κ1) is 12.6. The molecule has 0 aliphatic carbocycles. The van der Waals surface area contributed by atoms with Crippen LogP contribution < -0.4 is 10.6 Å². The van der Waals surface area contributed by atoms with Gasteiger partial charge in [0.15, 0.2) is 11.5 Å². The molecule has 0 fully saturated rings. The molecule has 0 aromatic carbocycles. The molecule has 3 N–H and O–H groups in total. The number of fused-ring (bicyclic) bond motifs is 1. The Morgan fingerprint density at radius 2 is 2.17 bits per heavy atom. The van der Waals surface area contributed by atoms with E-state index in [4.69, 9.17) is 0 Å². The standard InChI is InChI=1S/C12H19N5O/c1-4-13-9-7-17-6-5-14-11(17)10(16-9)15-8-12(2,3)18/h5-7,13,18H,4,8H2,1-3H3,(H,15,16). The Morgan fingerprint density at radius 3 is 2.83 bits per heavy atom. The number of hydrogen-bond donors (Lipinski definition) is 3. The molecule has 0 spiro atoms. The maximum atomic E-state index is 9.74. The molecule has 2 aromatic heterocycles. The van der Waals surface area contributed by atoms with E-state index in [-0.39, 0.29) is 0 Å². The lowest BCUT2D eigenvalue weighted by molar-refractivity contribution is 0.0944. The summed E-state index contributed by atoms with van der Waals surface area (Å²) < 4.78 is 1.90. The van der Waals surface area contributed by atoms with Crippen LogP contribution in [0.1, 0.15) is 20.8 Å². The molecule has 6 nitrogen and oxygen atoms in total. The predicted octanol–water partition coefficient (Wildman–Crippen LogP) is 1.34. The molecule has 0 atom stereocenters. The van der Waals surface area contributed by atoms with Gasteiger partial charge in [-0.05, 0) is 20.8 Å². The molecule has 0 aliphatic rings. The van der Waals surface area contributed by atoms with E-state index in [1.54, 1.807) is 20.0 Å². The molecule has 2 rings (SSSR count). The molecule has 2 heterocycles. The van der Waals surface area contributed by atoms with Gasteiger partial charge in [-0.25, -0.2) is 9.97 Å². The summed E-state index contributed by atoms with van der Waals surface area (Å²) in [4.78, 5) is 8.70. The van der Waals surface area contributed by atoms with Crippen LogP contribution in [0.3, 0.4) is 0 Å². The van der Waals surface area contributed by atoms with Crippen LogP contribution in [0.25, 0.3) is 5.65 Å². The second kappa shape index (κ2) is 4.81. The highest BCUT2D eigenvalue weighted by Crippen LogP contribution is 2.17. The van der Waals surface area contributed by atoms with E-state index in [9.17, 15) is 5.11 Å². The van der Waals surface area contributed by atoms with Gasteiger partial charge in [0.2, 0.25) is 0 Å². The number of imidazole rings is 1. The van der Waals surface area contributed by atoms with Crippen LogP contribution >= 0.6 is 0 Å². The molecule has 2 aromatic rings. The van der Waals surface area contributed by atoms with Gasteiger partial charge in [0.05, 0.1) is 11.8 Å². The van der Waals surface area contributed by atoms with E-state index in [2.05, 4.69) is 20.6 Å². The molecular weight excluding hydrogens is 230 g/mol. The number of nitrogens with one attached hydrogen (secondary N) is 2. The number of nitrogens with zero attached hydrogens (tertiary/aromatic N) is 3. The fourth-order valence-corrected chi connectivity index (χ4v) is 1.62. The van der Waals surface area contributed by atoms with Gasteiger partial charge in [-0.3, -0.25) is 0 Å². The van der Waals surface area contributed by atoms with Crippen molar-refractivity contribution in [2.75, 3.05) is 23.7 Å². The van der Waals surface area contributed by atoms with E-state index >= 15 is 0 Å². The number of rotatable bonds is 5. The first-order chi connectivity index (χ1) is 8.49. The van der Waals surface area contributed by atoms with Crippen molar-refractivity contribution in [1.82, 2.24) is 14.4 Å². The molecule has 0 aliphatic heterocycles. The van der Waals surface area contributed by atoms with Crippen LogP contribution in [-0.2, 0) is 0 Å². The summed E-state index contributed by atoms with van der Waals surface area (Å²) >= 11 is 0. The molecule has 0 radical (unpaired) electrons. The van der Waals surface area contributed by atoms with Crippen LogP contribution in [0.5, 0.6) is 0 Å².